The molecule has 1 aromatic rings. The van der Waals surface area contributed by atoms with Gasteiger partial charge >= 0.3 is 0 Å². The zero-order valence-electron chi connectivity index (χ0n) is 9.96. The number of hydrogen-bond donors (Lipinski definition) is 0. The fourth-order valence-electron chi connectivity index (χ4n) is 2.55. The van der Waals surface area contributed by atoms with Gasteiger partial charge in [-0.15, -0.1) is 0 Å². The first-order chi connectivity index (χ1) is 8.29. The molecule has 1 aliphatic carbocycles. The third-order valence-electron chi connectivity index (χ3n) is 3.48. The molecule has 0 atom stereocenters. The van der Waals surface area contributed by atoms with Gasteiger partial charge in [-0.2, -0.15) is 0 Å². The molecule has 0 radical (unpaired) electrons. The quantitative estimate of drug-likeness (QED) is 0.599. The van der Waals surface area contributed by atoms with Crippen molar-refractivity contribution < 1.29 is 0 Å². The van der Waals surface area contributed by atoms with Crippen LogP contribution in [0.2, 0.25) is 0 Å². The summed E-state index contributed by atoms with van der Waals surface area (Å²) >= 11 is 7.18. The minimum Gasteiger partial charge on any atom is -0.0880 e. The fraction of sp³-hybridized carbons (Fsp3) is 0.467. The van der Waals surface area contributed by atoms with Crippen LogP contribution < -0.4 is 0 Å². The predicted molar refractivity (Wildman–Crippen MR) is 82.5 cm³/mol. The van der Waals surface area contributed by atoms with Crippen molar-refractivity contribution in [1.29, 1.82) is 0 Å². The summed E-state index contributed by atoms with van der Waals surface area (Å²) in [6, 6.07) is 8.54. The lowest BCUT2D eigenvalue weighted by atomic mass is 9.84. The Morgan fingerprint density at radius 3 is 2.65 bits per heavy atom. The number of allylic oxidation sites excluding steroid dienone is 1. The van der Waals surface area contributed by atoms with E-state index < -0.39 is 0 Å². The molecule has 0 aromatic heterocycles. The van der Waals surface area contributed by atoms with Gasteiger partial charge in [-0.25, -0.2) is 0 Å². The Morgan fingerprint density at radius 2 is 2.00 bits per heavy atom. The molecular formula is C15H18Br2. The summed E-state index contributed by atoms with van der Waals surface area (Å²) in [6.45, 7) is 0. The van der Waals surface area contributed by atoms with Crippen molar-refractivity contribution in [3.05, 3.63) is 39.9 Å². The van der Waals surface area contributed by atoms with Crippen LogP contribution in [0.25, 0.3) is 6.08 Å². The summed E-state index contributed by atoms with van der Waals surface area (Å²) in [5.74, 6) is 0.794. The van der Waals surface area contributed by atoms with E-state index in [1.165, 1.54) is 37.7 Å². The van der Waals surface area contributed by atoms with Crippen LogP contribution in [0.15, 0.2) is 34.3 Å². The third kappa shape index (κ3) is 3.96. The van der Waals surface area contributed by atoms with Gasteiger partial charge in [0.05, 0.1) is 0 Å². The molecule has 0 unspecified atom stereocenters. The van der Waals surface area contributed by atoms with Gasteiger partial charge in [0.15, 0.2) is 0 Å². The van der Waals surface area contributed by atoms with Gasteiger partial charge in [0.1, 0.15) is 0 Å². The first-order valence-corrected chi connectivity index (χ1v) is 8.23. The van der Waals surface area contributed by atoms with E-state index >= 15 is 0 Å². The van der Waals surface area contributed by atoms with Crippen molar-refractivity contribution >= 4 is 37.9 Å². The molecule has 1 aliphatic rings. The molecular weight excluding hydrogens is 340 g/mol. The maximum absolute atomic E-state index is 3.65. The summed E-state index contributed by atoms with van der Waals surface area (Å²) in [7, 11) is 0. The Morgan fingerprint density at radius 1 is 1.24 bits per heavy atom. The number of halogens is 2. The van der Waals surface area contributed by atoms with Crippen LogP contribution in [-0.2, 0) is 0 Å². The van der Waals surface area contributed by atoms with E-state index in [1.54, 1.807) is 5.57 Å². The van der Waals surface area contributed by atoms with E-state index in [0.717, 1.165) is 15.7 Å². The molecule has 0 amide bonds. The van der Waals surface area contributed by atoms with Crippen LogP contribution in [-0.4, -0.2) is 5.33 Å². The van der Waals surface area contributed by atoms with E-state index in [4.69, 9.17) is 0 Å². The second kappa shape index (κ2) is 6.75. The van der Waals surface area contributed by atoms with Crippen LogP contribution in [0.3, 0.4) is 0 Å². The molecule has 0 spiro atoms. The Bertz CT molecular complexity index is 390. The van der Waals surface area contributed by atoms with E-state index in [0.29, 0.717) is 0 Å². The van der Waals surface area contributed by atoms with Crippen molar-refractivity contribution in [1.82, 2.24) is 0 Å². The SMILES string of the molecule is BrCC(=Cc1cccc(Br)c1)C1CCCCC1. The number of alkyl halides is 1. The molecule has 0 saturated heterocycles. The molecule has 1 fully saturated rings. The Balaban J connectivity index is 2.16. The molecule has 1 saturated carbocycles. The maximum Gasteiger partial charge on any atom is 0.0247 e. The molecule has 1 aromatic carbocycles. The summed E-state index contributed by atoms with van der Waals surface area (Å²) in [5, 5.41) is 1.00. The van der Waals surface area contributed by atoms with Gasteiger partial charge in [-0.1, -0.05) is 74.9 Å². The van der Waals surface area contributed by atoms with Crippen LogP contribution >= 0.6 is 31.9 Å². The summed E-state index contributed by atoms with van der Waals surface area (Å²) in [5.41, 5.74) is 2.86. The molecule has 0 nitrogen and oxygen atoms in total. The zero-order valence-corrected chi connectivity index (χ0v) is 13.1. The van der Waals surface area contributed by atoms with Gasteiger partial charge in [-0.05, 0) is 36.5 Å². The van der Waals surface area contributed by atoms with Gasteiger partial charge in [-0.3, -0.25) is 0 Å². The van der Waals surface area contributed by atoms with E-state index in [2.05, 4.69) is 62.2 Å². The smallest absolute Gasteiger partial charge is 0.0247 e. The second-order valence-corrected chi connectivity index (χ2v) is 6.22. The van der Waals surface area contributed by atoms with Gasteiger partial charge in [0.25, 0.3) is 0 Å². The maximum atomic E-state index is 3.65. The summed E-state index contributed by atoms with van der Waals surface area (Å²) < 4.78 is 1.16. The zero-order chi connectivity index (χ0) is 12.1. The molecule has 2 heteroatoms. The van der Waals surface area contributed by atoms with Crippen LogP contribution in [0.4, 0.5) is 0 Å². The molecule has 0 aliphatic heterocycles. The van der Waals surface area contributed by atoms with Crippen LogP contribution in [0.5, 0.6) is 0 Å². The second-order valence-electron chi connectivity index (χ2n) is 4.74. The van der Waals surface area contributed by atoms with Crippen molar-refractivity contribution in [2.45, 2.75) is 32.1 Å². The van der Waals surface area contributed by atoms with Crippen LogP contribution in [0, 0.1) is 5.92 Å². The van der Waals surface area contributed by atoms with Crippen molar-refractivity contribution in [3.8, 4) is 0 Å². The minimum atomic E-state index is 0.794. The lowest BCUT2D eigenvalue weighted by molar-refractivity contribution is 0.405. The topological polar surface area (TPSA) is 0 Å². The largest absolute Gasteiger partial charge is 0.0880 e. The molecule has 92 valence electrons. The number of rotatable bonds is 3. The monoisotopic (exact) mass is 356 g/mol. The van der Waals surface area contributed by atoms with Gasteiger partial charge < -0.3 is 0 Å². The fourth-order valence-corrected chi connectivity index (χ4v) is 3.59. The molecule has 0 bridgehead atoms. The molecule has 0 N–H and O–H groups in total. The average molecular weight is 358 g/mol. The van der Waals surface area contributed by atoms with Crippen molar-refractivity contribution in [3.63, 3.8) is 0 Å². The minimum absolute atomic E-state index is 0.794. The van der Waals surface area contributed by atoms with Gasteiger partial charge in [0, 0.05) is 9.80 Å². The van der Waals surface area contributed by atoms with Gasteiger partial charge in [0.2, 0.25) is 0 Å². The lowest BCUT2D eigenvalue weighted by Gasteiger charge is -2.23. The standard InChI is InChI=1S/C15H18Br2/c16-11-14(13-6-2-1-3-7-13)9-12-5-4-8-15(17)10-12/h4-5,8-10,13H,1-3,6-7,11H2. The van der Waals surface area contributed by atoms with Crippen LogP contribution in [0.1, 0.15) is 37.7 Å². The lowest BCUT2D eigenvalue weighted by Crippen LogP contribution is -2.10. The number of hydrogen-bond acceptors (Lipinski definition) is 0. The first kappa shape index (κ1) is 13.4. The molecule has 0 heterocycles. The van der Waals surface area contributed by atoms with Crippen molar-refractivity contribution in [2.75, 3.05) is 5.33 Å². The predicted octanol–water partition coefficient (Wildman–Crippen LogP) is 5.81. The van der Waals surface area contributed by atoms with E-state index in [9.17, 15) is 0 Å². The Hall–Kier alpha value is -0.0800. The highest BCUT2D eigenvalue weighted by molar-refractivity contribution is 9.10. The van der Waals surface area contributed by atoms with E-state index in [1.807, 2.05) is 0 Å². The highest BCUT2D eigenvalue weighted by Gasteiger charge is 2.16. The highest BCUT2D eigenvalue weighted by Crippen LogP contribution is 2.32. The normalized spacial score (nSPS) is 18.4. The third-order valence-corrected chi connectivity index (χ3v) is 4.63. The van der Waals surface area contributed by atoms with E-state index in [-0.39, 0.29) is 0 Å². The summed E-state index contributed by atoms with van der Waals surface area (Å²) in [4.78, 5) is 0. The average Bonchev–Trinajstić information content (AvgIpc) is 2.37. The molecule has 2 rings (SSSR count). The Labute approximate surface area is 121 Å². The summed E-state index contributed by atoms with van der Waals surface area (Å²) in [6.07, 6.45) is 9.30. The number of benzene rings is 1. The first-order valence-electron chi connectivity index (χ1n) is 6.31. The highest BCUT2D eigenvalue weighted by atomic mass is 79.9. The van der Waals surface area contributed by atoms with Crippen molar-refractivity contribution in [2.24, 2.45) is 5.92 Å². The Kier molecular flexibility index (Phi) is 5.30. The molecule has 17 heavy (non-hydrogen) atoms.